The first-order chi connectivity index (χ1) is 11.2. The summed E-state index contributed by atoms with van der Waals surface area (Å²) >= 11 is 0. The lowest BCUT2D eigenvalue weighted by Gasteiger charge is -2.33. The fourth-order valence-corrected chi connectivity index (χ4v) is 3.13. The molecular formula is C18H25N3O2. The third kappa shape index (κ3) is 4.03. The van der Waals surface area contributed by atoms with Gasteiger partial charge in [0.1, 0.15) is 0 Å². The third-order valence-corrected chi connectivity index (χ3v) is 4.57. The monoisotopic (exact) mass is 315 g/mol. The van der Waals surface area contributed by atoms with Crippen LogP contribution in [0.3, 0.4) is 0 Å². The molecule has 3 amide bonds. The van der Waals surface area contributed by atoms with E-state index in [-0.39, 0.29) is 11.9 Å². The molecule has 1 aromatic rings. The molecule has 5 nitrogen and oxygen atoms in total. The largest absolute Gasteiger partial charge is 0.349 e. The number of carbonyl (C=O) groups is 2. The van der Waals surface area contributed by atoms with E-state index < -0.39 is 0 Å². The second-order valence-electron chi connectivity index (χ2n) is 6.49. The highest BCUT2D eigenvalue weighted by molar-refractivity contribution is 5.94. The number of nitrogens with zero attached hydrogens (tertiary/aromatic N) is 1. The Bertz CT molecular complexity index is 583. The van der Waals surface area contributed by atoms with Gasteiger partial charge in [0.25, 0.3) is 5.91 Å². The summed E-state index contributed by atoms with van der Waals surface area (Å²) in [5.41, 5.74) is 1.88. The highest BCUT2D eigenvalue weighted by atomic mass is 16.2. The molecule has 1 saturated carbocycles. The van der Waals surface area contributed by atoms with Gasteiger partial charge in [0.05, 0.1) is 0 Å². The van der Waals surface area contributed by atoms with Crippen LogP contribution in [0.25, 0.3) is 0 Å². The fourth-order valence-electron chi connectivity index (χ4n) is 3.13. The second-order valence-corrected chi connectivity index (χ2v) is 6.49. The average Bonchev–Trinajstić information content (AvgIpc) is 3.39. The van der Waals surface area contributed by atoms with Crippen LogP contribution in [0.15, 0.2) is 24.3 Å². The van der Waals surface area contributed by atoms with Gasteiger partial charge in [-0.25, -0.2) is 4.79 Å². The van der Waals surface area contributed by atoms with Crippen molar-refractivity contribution >= 4 is 11.9 Å². The van der Waals surface area contributed by atoms with Crippen molar-refractivity contribution < 1.29 is 9.59 Å². The molecule has 1 aliphatic heterocycles. The van der Waals surface area contributed by atoms with Gasteiger partial charge in [-0.3, -0.25) is 4.79 Å². The van der Waals surface area contributed by atoms with Gasteiger partial charge in [-0.15, -0.1) is 0 Å². The van der Waals surface area contributed by atoms with E-state index in [1.165, 1.54) is 0 Å². The molecule has 1 unspecified atom stereocenters. The molecule has 2 aliphatic rings. The van der Waals surface area contributed by atoms with Crippen molar-refractivity contribution in [1.82, 2.24) is 15.5 Å². The molecule has 3 rings (SSSR count). The SMILES string of the molecule is CCNC(=O)N1CCCC(c2cccc(C(=O)NC3CC3)c2)C1. The zero-order chi connectivity index (χ0) is 16.2. The Labute approximate surface area is 137 Å². The van der Waals surface area contributed by atoms with Crippen molar-refractivity contribution in [1.29, 1.82) is 0 Å². The summed E-state index contributed by atoms with van der Waals surface area (Å²) in [5, 5.41) is 5.90. The van der Waals surface area contributed by atoms with Crippen molar-refractivity contribution in [3.8, 4) is 0 Å². The number of rotatable bonds is 4. The Balaban J connectivity index is 1.67. The van der Waals surface area contributed by atoms with Crippen molar-refractivity contribution in [3.05, 3.63) is 35.4 Å². The molecule has 1 aromatic carbocycles. The van der Waals surface area contributed by atoms with E-state index in [0.717, 1.165) is 49.9 Å². The van der Waals surface area contributed by atoms with E-state index in [1.807, 2.05) is 30.0 Å². The maximum Gasteiger partial charge on any atom is 0.317 e. The number of nitrogens with one attached hydrogen (secondary N) is 2. The molecule has 1 aliphatic carbocycles. The third-order valence-electron chi connectivity index (χ3n) is 4.57. The van der Waals surface area contributed by atoms with Crippen LogP contribution in [0.5, 0.6) is 0 Å². The van der Waals surface area contributed by atoms with Crippen LogP contribution < -0.4 is 10.6 Å². The quantitative estimate of drug-likeness (QED) is 0.897. The van der Waals surface area contributed by atoms with Gasteiger partial charge in [-0.2, -0.15) is 0 Å². The molecule has 5 heteroatoms. The van der Waals surface area contributed by atoms with Crippen molar-refractivity contribution in [2.75, 3.05) is 19.6 Å². The molecular weight excluding hydrogens is 290 g/mol. The molecule has 2 fully saturated rings. The molecule has 0 aromatic heterocycles. The standard InChI is InChI=1S/C18H25N3O2/c1-2-19-18(23)21-10-4-7-15(12-21)13-5-3-6-14(11-13)17(22)20-16-8-9-16/h3,5-6,11,15-16H,2,4,7-10,12H2,1H3,(H,19,23)(H,20,22). The lowest BCUT2D eigenvalue weighted by Crippen LogP contribution is -2.44. The van der Waals surface area contributed by atoms with Gasteiger partial charge in [0.15, 0.2) is 0 Å². The maximum absolute atomic E-state index is 12.2. The molecule has 23 heavy (non-hydrogen) atoms. The Morgan fingerprint density at radius 3 is 2.83 bits per heavy atom. The number of hydrogen-bond donors (Lipinski definition) is 2. The minimum atomic E-state index is 0.0137. The zero-order valence-electron chi connectivity index (χ0n) is 13.7. The molecule has 2 N–H and O–H groups in total. The van der Waals surface area contributed by atoms with E-state index in [1.54, 1.807) is 0 Å². The van der Waals surface area contributed by atoms with E-state index >= 15 is 0 Å². The summed E-state index contributed by atoms with van der Waals surface area (Å²) in [4.78, 5) is 26.1. The summed E-state index contributed by atoms with van der Waals surface area (Å²) in [7, 11) is 0. The minimum absolute atomic E-state index is 0.0137. The number of piperidine rings is 1. The summed E-state index contributed by atoms with van der Waals surface area (Å²) in [5.74, 6) is 0.325. The number of likely N-dealkylation sites (tertiary alicyclic amines) is 1. The van der Waals surface area contributed by atoms with Gasteiger partial charge < -0.3 is 15.5 Å². The van der Waals surface area contributed by atoms with Gasteiger partial charge in [0, 0.05) is 37.2 Å². The Morgan fingerprint density at radius 1 is 1.26 bits per heavy atom. The summed E-state index contributed by atoms with van der Waals surface area (Å²) in [6.07, 6.45) is 4.25. The Hall–Kier alpha value is -2.04. The van der Waals surface area contributed by atoms with Gasteiger partial charge in [-0.1, -0.05) is 12.1 Å². The predicted octanol–water partition coefficient (Wildman–Crippen LogP) is 2.49. The molecule has 0 spiro atoms. The van der Waals surface area contributed by atoms with Crippen LogP contribution in [0, 0.1) is 0 Å². The Kier molecular flexibility index (Phi) is 4.84. The predicted molar refractivity (Wildman–Crippen MR) is 89.6 cm³/mol. The molecule has 124 valence electrons. The first kappa shape index (κ1) is 15.8. The second kappa shape index (κ2) is 7.02. The topological polar surface area (TPSA) is 61.4 Å². The van der Waals surface area contributed by atoms with Crippen LogP contribution in [0.4, 0.5) is 4.79 Å². The first-order valence-corrected chi connectivity index (χ1v) is 8.61. The number of hydrogen-bond acceptors (Lipinski definition) is 2. The van der Waals surface area contributed by atoms with Crippen LogP contribution in [0.1, 0.15) is 54.4 Å². The van der Waals surface area contributed by atoms with Gasteiger partial charge in [-0.05, 0) is 50.3 Å². The molecule has 1 heterocycles. The van der Waals surface area contributed by atoms with E-state index in [2.05, 4.69) is 16.7 Å². The number of benzene rings is 1. The van der Waals surface area contributed by atoms with Crippen LogP contribution in [-0.4, -0.2) is 42.5 Å². The van der Waals surface area contributed by atoms with E-state index in [9.17, 15) is 9.59 Å². The normalized spacial score (nSPS) is 20.9. The number of amides is 3. The lowest BCUT2D eigenvalue weighted by molar-refractivity contribution is 0.0950. The number of carbonyl (C=O) groups excluding carboxylic acids is 2. The lowest BCUT2D eigenvalue weighted by atomic mass is 9.89. The molecule has 0 bridgehead atoms. The van der Waals surface area contributed by atoms with Crippen LogP contribution >= 0.6 is 0 Å². The van der Waals surface area contributed by atoms with Crippen molar-refractivity contribution in [3.63, 3.8) is 0 Å². The minimum Gasteiger partial charge on any atom is -0.349 e. The average molecular weight is 315 g/mol. The highest BCUT2D eigenvalue weighted by Gasteiger charge is 2.26. The first-order valence-electron chi connectivity index (χ1n) is 8.61. The maximum atomic E-state index is 12.2. The summed E-state index contributed by atoms with van der Waals surface area (Å²) in [6, 6.07) is 8.26. The van der Waals surface area contributed by atoms with Crippen molar-refractivity contribution in [2.24, 2.45) is 0 Å². The Morgan fingerprint density at radius 2 is 2.09 bits per heavy atom. The molecule has 1 saturated heterocycles. The van der Waals surface area contributed by atoms with E-state index in [0.29, 0.717) is 18.5 Å². The van der Waals surface area contributed by atoms with Gasteiger partial charge in [0.2, 0.25) is 0 Å². The summed E-state index contributed by atoms with van der Waals surface area (Å²) < 4.78 is 0. The van der Waals surface area contributed by atoms with Gasteiger partial charge >= 0.3 is 6.03 Å². The fraction of sp³-hybridized carbons (Fsp3) is 0.556. The molecule has 0 radical (unpaired) electrons. The van der Waals surface area contributed by atoms with E-state index in [4.69, 9.17) is 0 Å². The smallest absolute Gasteiger partial charge is 0.317 e. The van der Waals surface area contributed by atoms with Crippen LogP contribution in [0.2, 0.25) is 0 Å². The van der Waals surface area contributed by atoms with Crippen LogP contribution in [-0.2, 0) is 0 Å². The van der Waals surface area contributed by atoms with Crippen molar-refractivity contribution in [2.45, 2.75) is 44.6 Å². The summed E-state index contributed by atoms with van der Waals surface area (Å²) in [6.45, 7) is 4.11. The number of urea groups is 1. The zero-order valence-corrected chi connectivity index (χ0v) is 13.7. The molecule has 1 atom stereocenters. The highest BCUT2D eigenvalue weighted by Crippen LogP contribution is 2.28.